The van der Waals surface area contributed by atoms with Crippen LogP contribution in [-0.4, -0.2) is 32.3 Å². The van der Waals surface area contributed by atoms with Gasteiger partial charge in [0.05, 0.1) is 17.0 Å². The van der Waals surface area contributed by atoms with Crippen LogP contribution in [0.3, 0.4) is 0 Å². The number of hydrazine groups is 1. The van der Waals surface area contributed by atoms with Gasteiger partial charge in [0.15, 0.2) is 0 Å². The second-order valence-corrected chi connectivity index (χ2v) is 8.14. The van der Waals surface area contributed by atoms with Crippen LogP contribution in [0.2, 0.25) is 5.02 Å². The molecule has 2 amide bonds. The van der Waals surface area contributed by atoms with Crippen molar-refractivity contribution < 1.29 is 9.59 Å². The van der Waals surface area contributed by atoms with Crippen LogP contribution >= 0.6 is 23.4 Å². The zero-order valence-electron chi connectivity index (χ0n) is 16.7. The molecule has 0 fully saturated rings. The van der Waals surface area contributed by atoms with Crippen molar-refractivity contribution in [2.24, 2.45) is 0 Å². The topological polar surface area (TPSA) is 88.9 Å². The standard InChI is InChI=1S/C23H18ClN5O2S/c24-17-8-10-19(11-9-17)32-15-21(30)26-27-23(31)20-14-29(18-6-2-1-3-7-18)28-22(20)16-5-4-12-25-13-16/h1-14H,15H2,(H,26,30)(H,27,31). The lowest BCUT2D eigenvalue weighted by Crippen LogP contribution is -2.42. The highest BCUT2D eigenvalue weighted by Crippen LogP contribution is 2.23. The minimum Gasteiger partial charge on any atom is -0.272 e. The van der Waals surface area contributed by atoms with Crippen LogP contribution in [0.1, 0.15) is 10.4 Å². The molecule has 0 aliphatic carbocycles. The van der Waals surface area contributed by atoms with Crippen LogP contribution in [0.15, 0.2) is 90.2 Å². The number of para-hydroxylation sites is 1. The van der Waals surface area contributed by atoms with Crippen LogP contribution in [0.25, 0.3) is 16.9 Å². The minimum atomic E-state index is -0.476. The molecule has 2 N–H and O–H groups in total. The molecule has 0 unspecified atom stereocenters. The van der Waals surface area contributed by atoms with E-state index in [9.17, 15) is 9.59 Å². The normalized spacial score (nSPS) is 10.5. The summed E-state index contributed by atoms with van der Waals surface area (Å²) >= 11 is 7.21. The number of halogens is 1. The number of thioether (sulfide) groups is 1. The van der Waals surface area contributed by atoms with Crippen molar-refractivity contribution in [1.29, 1.82) is 0 Å². The summed E-state index contributed by atoms with van der Waals surface area (Å²) in [6.07, 6.45) is 4.91. The second kappa shape index (κ2) is 10.1. The highest BCUT2D eigenvalue weighted by Gasteiger charge is 2.19. The predicted molar refractivity (Wildman–Crippen MR) is 125 cm³/mol. The number of carbonyl (C=O) groups is 2. The third-order valence-electron chi connectivity index (χ3n) is 4.41. The lowest BCUT2D eigenvalue weighted by atomic mass is 10.1. The molecule has 2 heterocycles. The van der Waals surface area contributed by atoms with Crippen LogP contribution < -0.4 is 10.9 Å². The maximum Gasteiger partial charge on any atom is 0.273 e. The molecule has 0 aliphatic rings. The first-order valence-electron chi connectivity index (χ1n) is 9.63. The highest BCUT2D eigenvalue weighted by molar-refractivity contribution is 8.00. The summed E-state index contributed by atoms with van der Waals surface area (Å²) in [4.78, 5) is 30.1. The maximum absolute atomic E-state index is 12.9. The van der Waals surface area contributed by atoms with E-state index in [1.165, 1.54) is 11.8 Å². The smallest absolute Gasteiger partial charge is 0.272 e. The largest absolute Gasteiger partial charge is 0.273 e. The Morgan fingerprint density at radius 1 is 0.969 bits per heavy atom. The average Bonchev–Trinajstić information content (AvgIpc) is 3.29. The lowest BCUT2D eigenvalue weighted by molar-refractivity contribution is -0.119. The molecule has 32 heavy (non-hydrogen) atoms. The molecular weight excluding hydrogens is 446 g/mol. The minimum absolute atomic E-state index is 0.140. The van der Waals surface area contributed by atoms with Gasteiger partial charge < -0.3 is 0 Å². The van der Waals surface area contributed by atoms with E-state index in [0.717, 1.165) is 10.6 Å². The van der Waals surface area contributed by atoms with Gasteiger partial charge >= 0.3 is 0 Å². The van der Waals surface area contributed by atoms with Crippen LogP contribution in [0.4, 0.5) is 0 Å². The summed E-state index contributed by atoms with van der Waals surface area (Å²) in [6.45, 7) is 0. The fourth-order valence-electron chi connectivity index (χ4n) is 2.88. The second-order valence-electron chi connectivity index (χ2n) is 6.66. The number of rotatable bonds is 6. The Bertz CT molecular complexity index is 1210. The molecule has 0 saturated heterocycles. The molecule has 0 radical (unpaired) electrons. The Kier molecular flexibility index (Phi) is 6.84. The Labute approximate surface area is 193 Å². The first-order chi connectivity index (χ1) is 15.6. The molecule has 7 nitrogen and oxygen atoms in total. The molecule has 9 heteroatoms. The van der Waals surface area contributed by atoms with Gasteiger partial charge in [-0.05, 0) is 48.5 Å². The van der Waals surface area contributed by atoms with E-state index < -0.39 is 5.91 Å². The monoisotopic (exact) mass is 463 g/mol. The van der Waals surface area contributed by atoms with Crippen LogP contribution in [0.5, 0.6) is 0 Å². The van der Waals surface area contributed by atoms with E-state index >= 15 is 0 Å². The van der Waals surface area contributed by atoms with E-state index in [1.807, 2.05) is 48.5 Å². The van der Waals surface area contributed by atoms with E-state index in [2.05, 4.69) is 20.9 Å². The summed E-state index contributed by atoms with van der Waals surface area (Å²) in [5.74, 6) is -0.673. The third kappa shape index (κ3) is 5.35. The summed E-state index contributed by atoms with van der Waals surface area (Å²) in [6, 6.07) is 20.2. The SMILES string of the molecule is O=C(CSc1ccc(Cl)cc1)NNC(=O)c1cn(-c2ccccc2)nc1-c1cccnc1. The quantitative estimate of drug-likeness (QED) is 0.331. The van der Waals surface area contributed by atoms with Gasteiger partial charge in [-0.15, -0.1) is 11.8 Å². The van der Waals surface area contributed by atoms with E-state index in [-0.39, 0.29) is 11.7 Å². The summed E-state index contributed by atoms with van der Waals surface area (Å²) in [5, 5.41) is 5.20. The van der Waals surface area contributed by atoms with Gasteiger partial charge in [0, 0.05) is 34.1 Å². The van der Waals surface area contributed by atoms with Crippen molar-refractivity contribution in [2.75, 3.05) is 5.75 Å². The van der Waals surface area contributed by atoms with Crippen molar-refractivity contribution in [3.05, 3.63) is 95.9 Å². The van der Waals surface area contributed by atoms with Gasteiger partial charge in [0.2, 0.25) is 5.91 Å². The number of nitrogens with zero attached hydrogens (tertiary/aromatic N) is 3. The van der Waals surface area contributed by atoms with Crippen molar-refractivity contribution in [3.63, 3.8) is 0 Å². The lowest BCUT2D eigenvalue weighted by Gasteiger charge is -2.07. The number of amides is 2. The van der Waals surface area contributed by atoms with Gasteiger partial charge in [-0.2, -0.15) is 5.10 Å². The van der Waals surface area contributed by atoms with Crippen LogP contribution in [-0.2, 0) is 4.79 Å². The Hall–Kier alpha value is -3.62. The predicted octanol–water partition coefficient (Wildman–Crippen LogP) is 4.14. The average molecular weight is 464 g/mol. The molecule has 2 aromatic heterocycles. The maximum atomic E-state index is 12.9. The third-order valence-corrected chi connectivity index (χ3v) is 5.68. The number of pyridine rings is 1. The molecule has 0 saturated carbocycles. The van der Waals surface area contributed by atoms with Crippen LogP contribution in [0, 0.1) is 0 Å². The van der Waals surface area contributed by atoms with Gasteiger partial charge in [0.1, 0.15) is 5.69 Å². The van der Waals surface area contributed by atoms with Gasteiger partial charge in [-0.25, -0.2) is 4.68 Å². The molecule has 2 aromatic carbocycles. The van der Waals surface area contributed by atoms with E-state index in [1.54, 1.807) is 41.5 Å². The number of aromatic nitrogens is 3. The van der Waals surface area contributed by atoms with Crippen molar-refractivity contribution in [1.82, 2.24) is 25.6 Å². The Morgan fingerprint density at radius 2 is 1.75 bits per heavy atom. The van der Waals surface area contributed by atoms with Crippen molar-refractivity contribution in [2.45, 2.75) is 4.90 Å². The molecule has 0 atom stereocenters. The summed E-state index contributed by atoms with van der Waals surface area (Å²) < 4.78 is 1.62. The van der Waals surface area contributed by atoms with Gasteiger partial charge in [-0.1, -0.05) is 29.8 Å². The molecule has 0 spiro atoms. The summed E-state index contributed by atoms with van der Waals surface area (Å²) in [7, 11) is 0. The fourth-order valence-corrected chi connectivity index (χ4v) is 3.70. The molecule has 0 bridgehead atoms. The number of carbonyl (C=O) groups excluding carboxylic acids is 2. The number of hydrogen-bond acceptors (Lipinski definition) is 5. The zero-order valence-corrected chi connectivity index (χ0v) is 18.3. The first kappa shape index (κ1) is 21.6. The van der Waals surface area contributed by atoms with E-state index in [0.29, 0.717) is 21.8 Å². The number of benzene rings is 2. The van der Waals surface area contributed by atoms with E-state index in [4.69, 9.17) is 11.6 Å². The molecule has 0 aliphatic heterocycles. The summed E-state index contributed by atoms with van der Waals surface area (Å²) in [5.41, 5.74) is 7.20. The van der Waals surface area contributed by atoms with Gasteiger partial charge in [-0.3, -0.25) is 25.4 Å². The Morgan fingerprint density at radius 3 is 2.47 bits per heavy atom. The van der Waals surface area contributed by atoms with Crippen molar-refractivity contribution >= 4 is 35.2 Å². The Balaban J connectivity index is 1.46. The fraction of sp³-hybridized carbons (Fsp3) is 0.0435. The molecule has 160 valence electrons. The molecular formula is C23H18ClN5O2S. The molecule has 4 aromatic rings. The van der Waals surface area contributed by atoms with Gasteiger partial charge in [0.25, 0.3) is 5.91 Å². The molecule has 4 rings (SSSR count). The number of hydrogen-bond donors (Lipinski definition) is 2. The number of nitrogens with one attached hydrogen (secondary N) is 2. The zero-order chi connectivity index (χ0) is 22.3. The highest BCUT2D eigenvalue weighted by atomic mass is 35.5. The van der Waals surface area contributed by atoms with Crippen molar-refractivity contribution in [3.8, 4) is 16.9 Å². The first-order valence-corrected chi connectivity index (χ1v) is 11.0.